The number of carbonyl (C=O) groups excluding carboxylic acids is 1. The largest absolute Gasteiger partial charge is 0.497 e. The molecule has 4 heteroatoms. The molecule has 3 nitrogen and oxygen atoms in total. The van der Waals surface area contributed by atoms with Crippen molar-refractivity contribution >= 4 is 5.97 Å². The Hall–Kier alpha value is -0.887. The third kappa shape index (κ3) is 5.31. The molecular weight excluding hydrogens is 270 g/mol. The number of ether oxygens (including phenoxy) is 2. The summed E-state index contributed by atoms with van der Waals surface area (Å²) in [5, 5.41) is 0. The van der Waals surface area contributed by atoms with Crippen molar-refractivity contribution in [3.63, 3.8) is 0 Å². The maximum Gasteiger partial charge on any atom is 0.311 e. The summed E-state index contributed by atoms with van der Waals surface area (Å²) in [6, 6.07) is 7.49. The summed E-state index contributed by atoms with van der Waals surface area (Å²) in [7, 11) is 1.61. The summed E-state index contributed by atoms with van der Waals surface area (Å²) in [6.07, 6.45) is 0. The average molecular weight is 288 g/mol. The molecule has 0 aliphatic carbocycles. The normalized spacial score (nSPS) is 10.4. The minimum absolute atomic E-state index is 0. The van der Waals surface area contributed by atoms with Crippen molar-refractivity contribution in [2.24, 2.45) is 5.41 Å². The van der Waals surface area contributed by atoms with Gasteiger partial charge in [0.15, 0.2) is 0 Å². The zero-order valence-corrected chi connectivity index (χ0v) is 13.9. The van der Waals surface area contributed by atoms with Crippen molar-refractivity contribution in [2.45, 2.75) is 27.4 Å². The molecule has 0 aromatic heterocycles. The number of methoxy groups -OCH3 is 1. The zero-order valence-electron chi connectivity index (χ0n) is 10.9. The van der Waals surface area contributed by atoms with Gasteiger partial charge in [-0.15, -0.1) is 0 Å². The molecule has 0 bridgehead atoms. The maximum atomic E-state index is 11.5. The molecule has 0 spiro atoms. The van der Waals surface area contributed by atoms with E-state index in [1.165, 1.54) is 0 Å². The van der Waals surface area contributed by atoms with Gasteiger partial charge >= 0.3 is 5.97 Å². The molecule has 1 aromatic carbocycles. The van der Waals surface area contributed by atoms with Crippen LogP contribution in [0.5, 0.6) is 5.75 Å². The second-order valence-electron chi connectivity index (χ2n) is 4.68. The molecular formula is C13H18O3Zn. The fraction of sp³-hybridized carbons (Fsp3) is 0.462. The molecule has 0 heterocycles. The van der Waals surface area contributed by atoms with E-state index < -0.39 is 5.41 Å². The van der Waals surface area contributed by atoms with Gasteiger partial charge < -0.3 is 9.47 Å². The zero-order chi connectivity index (χ0) is 12.2. The van der Waals surface area contributed by atoms with Crippen LogP contribution in [0.25, 0.3) is 0 Å². The Morgan fingerprint density at radius 1 is 1.29 bits per heavy atom. The van der Waals surface area contributed by atoms with E-state index in [9.17, 15) is 4.79 Å². The third-order valence-corrected chi connectivity index (χ3v) is 2.12. The monoisotopic (exact) mass is 286 g/mol. The second kappa shape index (κ2) is 6.75. The van der Waals surface area contributed by atoms with E-state index in [0.717, 1.165) is 11.3 Å². The van der Waals surface area contributed by atoms with Gasteiger partial charge in [-0.25, -0.2) is 0 Å². The summed E-state index contributed by atoms with van der Waals surface area (Å²) in [5.74, 6) is 0.569. The standard InChI is InChI=1S/C13H18O3.Zn/c1-13(2,3)12(14)16-9-10-6-5-7-11(8-10)15-4;/h5-8H,9H2,1-4H3;. The van der Waals surface area contributed by atoms with Crippen LogP contribution in [0, 0.1) is 5.41 Å². The molecule has 90 valence electrons. The summed E-state index contributed by atoms with van der Waals surface area (Å²) < 4.78 is 10.3. The van der Waals surface area contributed by atoms with Crippen molar-refractivity contribution in [1.29, 1.82) is 0 Å². The van der Waals surface area contributed by atoms with Gasteiger partial charge in [0.25, 0.3) is 0 Å². The fourth-order valence-corrected chi connectivity index (χ4v) is 1.13. The van der Waals surface area contributed by atoms with E-state index in [1.807, 2.05) is 45.0 Å². The molecule has 0 unspecified atom stereocenters. The van der Waals surface area contributed by atoms with E-state index in [1.54, 1.807) is 7.11 Å². The first-order chi connectivity index (χ1) is 7.43. The smallest absolute Gasteiger partial charge is 0.311 e. The van der Waals surface area contributed by atoms with E-state index in [2.05, 4.69) is 0 Å². The molecule has 1 rings (SSSR count). The SMILES string of the molecule is COc1cccc(COC(=O)C(C)(C)C)c1.[Zn]. The number of carbonyl (C=O) groups is 1. The van der Waals surface area contributed by atoms with Crippen LogP contribution in [0.15, 0.2) is 24.3 Å². The number of hydrogen-bond acceptors (Lipinski definition) is 3. The fourth-order valence-electron chi connectivity index (χ4n) is 1.13. The van der Waals surface area contributed by atoms with E-state index in [4.69, 9.17) is 9.47 Å². The molecule has 17 heavy (non-hydrogen) atoms. The van der Waals surface area contributed by atoms with Crippen LogP contribution in [0.4, 0.5) is 0 Å². The molecule has 0 aliphatic heterocycles. The second-order valence-corrected chi connectivity index (χ2v) is 4.68. The average Bonchev–Trinajstić information content (AvgIpc) is 2.25. The summed E-state index contributed by atoms with van der Waals surface area (Å²) in [6.45, 7) is 5.79. The first kappa shape index (κ1) is 16.1. The molecule has 0 atom stereocenters. The summed E-state index contributed by atoms with van der Waals surface area (Å²) in [5.41, 5.74) is 0.468. The minimum atomic E-state index is -0.459. The van der Waals surface area contributed by atoms with Gasteiger partial charge in [-0.3, -0.25) is 4.79 Å². The Morgan fingerprint density at radius 3 is 2.47 bits per heavy atom. The Bertz CT molecular complexity index is 369. The van der Waals surface area contributed by atoms with Crippen LogP contribution in [0.3, 0.4) is 0 Å². The van der Waals surface area contributed by atoms with Gasteiger partial charge in [-0.05, 0) is 38.5 Å². The predicted molar refractivity (Wildman–Crippen MR) is 62.2 cm³/mol. The van der Waals surface area contributed by atoms with Gasteiger partial charge in [0.05, 0.1) is 12.5 Å². The van der Waals surface area contributed by atoms with E-state index >= 15 is 0 Å². The predicted octanol–water partition coefficient (Wildman–Crippen LogP) is 2.78. The van der Waals surface area contributed by atoms with Crippen LogP contribution in [-0.2, 0) is 35.6 Å². The van der Waals surface area contributed by atoms with Crippen LogP contribution in [0.2, 0.25) is 0 Å². The van der Waals surface area contributed by atoms with Crippen LogP contribution >= 0.6 is 0 Å². The Morgan fingerprint density at radius 2 is 1.94 bits per heavy atom. The molecule has 0 aliphatic rings. The Labute approximate surface area is 115 Å². The van der Waals surface area contributed by atoms with Gasteiger partial charge in [-0.2, -0.15) is 0 Å². The van der Waals surface area contributed by atoms with Gasteiger partial charge in [0.1, 0.15) is 12.4 Å². The van der Waals surface area contributed by atoms with Crippen molar-refractivity contribution in [2.75, 3.05) is 7.11 Å². The van der Waals surface area contributed by atoms with Gasteiger partial charge in [0.2, 0.25) is 0 Å². The molecule has 0 N–H and O–H groups in total. The van der Waals surface area contributed by atoms with Crippen molar-refractivity contribution in [3.8, 4) is 5.75 Å². The molecule has 0 fully saturated rings. The first-order valence-corrected chi connectivity index (χ1v) is 5.23. The van der Waals surface area contributed by atoms with Crippen molar-refractivity contribution < 1.29 is 33.7 Å². The molecule has 0 saturated carbocycles. The Balaban J connectivity index is 0.00000256. The first-order valence-electron chi connectivity index (χ1n) is 5.23. The maximum absolute atomic E-state index is 11.5. The topological polar surface area (TPSA) is 35.5 Å². The van der Waals surface area contributed by atoms with Crippen LogP contribution in [-0.4, -0.2) is 13.1 Å². The number of benzene rings is 1. The number of rotatable bonds is 3. The molecule has 0 radical (unpaired) electrons. The van der Waals surface area contributed by atoms with Gasteiger partial charge in [0, 0.05) is 19.5 Å². The quantitative estimate of drug-likeness (QED) is 0.633. The number of hydrogen-bond donors (Lipinski definition) is 0. The van der Waals surface area contributed by atoms with Crippen LogP contribution in [0.1, 0.15) is 26.3 Å². The van der Waals surface area contributed by atoms with Gasteiger partial charge in [-0.1, -0.05) is 12.1 Å². The minimum Gasteiger partial charge on any atom is -0.497 e. The summed E-state index contributed by atoms with van der Waals surface area (Å²) >= 11 is 0. The van der Waals surface area contributed by atoms with Crippen molar-refractivity contribution in [1.82, 2.24) is 0 Å². The molecule has 1 aromatic rings. The van der Waals surface area contributed by atoms with Crippen LogP contribution < -0.4 is 4.74 Å². The van der Waals surface area contributed by atoms with E-state index in [0.29, 0.717) is 0 Å². The molecule has 0 saturated heterocycles. The number of esters is 1. The van der Waals surface area contributed by atoms with E-state index in [-0.39, 0.29) is 32.1 Å². The third-order valence-electron chi connectivity index (χ3n) is 2.12. The Kier molecular flexibility index (Phi) is 6.40. The molecule has 0 amide bonds. The van der Waals surface area contributed by atoms with Crippen molar-refractivity contribution in [3.05, 3.63) is 29.8 Å². The summed E-state index contributed by atoms with van der Waals surface area (Å²) in [4.78, 5) is 11.5.